The number of rotatable bonds is 7. The van der Waals surface area contributed by atoms with Gasteiger partial charge in [0.2, 0.25) is 11.8 Å². The monoisotopic (exact) mass is 390 g/mol. The molecule has 2 amide bonds. The Hall–Kier alpha value is -3.15. The Bertz CT molecular complexity index is 1070. The highest BCUT2D eigenvalue weighted by Crippen LogP contribution is 2.28. The molecule has 1 saturated carbocycles. The Kier molecular flexibility index (Phi) is 5.34. The van der Waals surface area contributed by atoms with Crippen molar-refractivity contribution in [3.63, 3.8) is 0 Å². The molecule has 0 atom stereocenters. The summed E-state index contributed by atoms with van der Waals surface area (Å²) >= 11 is 0. The van der Waals surface area contributed by atoms with E-state index in [0.29, 0.717) is 13.0 Å². The Balaban J connectivity index is 1.50. The summed E-state index contributed by atoms with van der Waals surface area (Å²) in [6.07, 6.45) is 2.57. The van der Waals surface area contributed by atoms with Crippen molar-refractivity contribution >= 4 is 28.5 Å². The van der Waals surface area contributed by atoms with Crippen molar-refractivity contribution < 1.29 is 9.59 Å². The summed E-state index contributed by atoms with van der Waals surface area (Å²) in [6, 6.07) is 13.7. The fourth-order valence-corrected chi connectivity index (χ4v) is 3.50. The lowest BCUT2D eigenvalue weighted by Gasteiger charge is -2.13. The second-order valence-electron chi connectivity index (χ2n) is 7.71. The van der Waals surface area contributed by atoms with Crippen LogP contribution in [0.4, 0.5) is 5.69 Å². The van der Waals surface area contributed by atoms with Crippen molar-refractivity contribution in [2.45, 2.75) is 39.7 Å². The molecule has 0 saturated heterocycles. The number of fused-ring (bicyclic) bond motifs is 1. The van der Waals surface area contributed by atoms with E-state index in [1.54, 1.807) is 0 Å². The predicted octanol–water partition coefficient (Wildman–Crippen LogP) is 3.36. The zero-order valence-electron chi connectivity index (χ0n) is 16.9. The number of carbonyl (C=O) groups is 2. The molecule has 0 spiro atoms. The molecule has 0 unspecified atom stereocenters. The third kappa shape index (κ3) is 4.31. The highest BCUT2D eigenvalue weighted by atomic mass is 16.2. The van der Waals surface area contributed by atoms with Gasteiger partial charge in [0.25, 0.3) is 0 Å². The summed E-state index contributed by atoms with van der Waals surface area (Å²) in [7, 11) is 0. The van der Waals surface area contributed by atoms with Gasteiger partial charge in [-0.25, -0.2) is 4.98 Å². The van der Waals surface area contributed by atoms with E-state index in [1.165, 1.54) is 0 Å². The molecule has 3 aromatic rings. The zero-order chi connectivity index (χ0) is 20.4. The maximum atomic E-state index is 12.8. The van der Waals surface area contributed by atoms with Crippen LogP contribution in [-0.4, -0.2) is 27.9 Å². The van der Waals surface area contributed by atoms with E-state index in [9.17, 15) is 9.59 Å². The summed E-state index contributed by atoms with van der Waals surface area (Å²) in [6.45, 7) is 4.74. The van der Waals surface area contributed by atoms with Crippen LogP contribution in [-0.2, 0) is 22.6 Å². The van der Waals surface area contributed by atoms with E-state index in [0.717, 1.165) is 46.5 Å². The standard InChI is InChI=1S/C23H26N4O2/c1-15-6-5-8-18(16(15)2)26-22(28)14-27-20-9-4-3-7-19(20)25-21(27)12-13-24-23(29)17-10-11-17/h3-9,17H,10-14H2,1-2H3,(H,24,29)(H,26,28). The van der Waals surface area contributed by atoms with E-state index in [1.807, 2.05) is 60.9 Å². The highest BCUT2D eigenvalue weighted by Gasteiger charge is 2.29. The average molecular weight is 390 g/mol. The van der Waals surface area contributed by atoms with Gasteiger partial charge in [-0.05, 0) is 56.0 Å². The first-order chi connectivity index (χ1) is 14.0. The van der Waals surface area contributed by atoms with Crippen LogP contribution < -0.4 is 10.6 Å². The SMILES string of the molecule is Cc1cccc(NC(=O)Cn2c(CCNC(=O)C3CC3)nc3ccccc32)c1C. The third-order valence-electron chi connectivity index (χ3n) is 5.51. The quantitative estimate of drug-likeness (QED) is 0.649. The van der Waals surface area contributed by atoms with Crippen LogP contribution in [0.1, 0.15) is 29.8 Å². The van der Waals surface area contributed by atoms with Crippen LogP contribution in [0, 0.1) is 19.8 Å². The van der Waals surface area contributed by atoms with Crippen molar-refractivity contribution in [2.75, 3.05) is 11.9 Å². The number of imidazole rings is 1. The number of aromatic nitrogens is 2. The molecular formula is C23H26N4O2. The van der Waals surface area contributed by atoms with Gasteiger partial charge >= 0.3 is 0 Å². The topological polar surface area (TPSA) is 76.0 Å². The van der Waals surface area contributed by atoms with Gasteiger partial charge in [0, 0.05) is 24.6 Å². The highest BCUT2D eigenvalue weighted by molar-refractivity contribution is 5.92. The summed E-state index contributed by atoms with van der Waals surface area (Å²) in [5, 5.41) is 6.00. The van der Waals surface area contributed by atoms with E-state index in [4.69, 9.17) is 4.98 Å². The molecule has 2 aromatic carbocycles. The van der Waals surface area contributed by atoms with Gasteiger partial charge in [-0.15, -0.1) is 0 Å². The first kappa shape index (κ1) is 19.2. The Morgan fingerprint density at radius 3 is 2.69 bits per heavy atom. The Morgan fingerprint density at radius 2 is 1.90 bits per heavy atom. The van der Waals surface area contributed by atoms with Crippen LogP contribution in [0.25, 0.3) is 11.0 Å². The number of hydrogen-bond acceptors (Lipinski definition) is 3. The second-order valence-corrected chi connectivity index (χ2v) is 7.71. The molecule has 0 aliphatic heterocycles. The molecule has 1 fully saturated rings. The molecule has 1 aliphatic carbocycles. The molecule has 6 heteroatoms. The van der Waals surface area contributed by atoms with Gasteiger partial charge in [-0.3, -0.25) is 9.59 Å². The molecule has 2 N–H and O–H groups in total. The summed E-state index contributed by atoms with van der Waals surface area (Å²) in [5.41, 5.74) is 4.82. The normalized spacial score (nSPS) is 13.4. The maximum absolute atomic E-state index is 12.8. The number of carbonyl (C=O) groups excluding carboxylic acids is 2. The molecule has 1 aliphatic rings. The molecule has 0 bridgehead atoms. The lowest BCUT2D eigenvalue weighted by molar-refractivity contribution is -0.122. The van der Waals surface area contributed by atoms with Gasteiger partial charge in [-0.2, -0.15) is 0 Å². The lowest BCUT2D eigenvalue weighted by atomic mass is 10.1. The van der Waals surface area contributed by atoms with Crippen molar-refractivity contribution in [1.82, 2.24) is 14.9 Å². The summed E-state index contributed by atoms with van der Waals surface area (Å²) < 4.78 is 1.94. The third-order valence-corrected chi connectivity index (χ3v) is 5.51. The van der Waals surface area contributed by atoms with Gasteiger partial charge in [0.05, 0.1) is 11.0 Å². The number of aryl methyl sites for hydroxylation is 1. The van der Waals surface area contributed by atoms with E-state index < -0.39 is 0 Å². The van der Waals surface area contributed by atoms with Crippen molar-refractivity contribution in [1.29, 1.82) is 0 Å². The zero-order valence-corrected chi connectivity index (χ0v) is 16.9. The fraction of sp³-hybridized carbons (Fsp3) is 0.348. The molecule has 0 radical (unpaired) electrons. The van der Waals surface area contributed by atoms with Gasteiger partial charge in [0.1, 0.15) is 12.4 Å². The molecule has 4 rings (SSSR count). The van der Waals surface area contributed by atoms with E-state index >= 15 is 0 Å². The fourth-order valence-electron chi connectivity index (χ4n) is 3.50. The summed E-state index contributed by atoms with van der Waals surface area (Å²) in [5.74, 6) is 1.03. The van der Waals surface area contributed by atoms with Crippen molar-refractivity contribution in [3.8, 4) is 0 Å². The maximum Gasteiger partial charge on any atom is 0.244 e. The molecule has 6 nitrogen and oxygen atoms in total. The molecule has 1 aromatic heterocycles. The minimum absolute atomic E-state index is 0.0925. The van der Waals surface area contributed by atoms with Crippen molar-refractivity contribution in [3.05, 3.63) is 59.4 Å². The number of nitrogens with zero attached hydrogens (tertiary/aromatic N) is 2. The number of amides is 2. The van der Waals surface area contributed by atoms with Crippen LogP contribution in [0.5, 0.6) is 0 Å². The Morgan fingerprint density at radius 1 is 1.10 bits per heavy atom. The number of hydrogen-bond donors (Lipinski definition) is 2. The minimum Gasteiger partial charge on any atom is -0.355 e. The average Bonchev–Trinajstić information content (AvgIpc) is 3.50. The molecular weight excluding hydrogens is 364 g/mol. The number of nitrogens with one attached hydrogen (secondary N) is 2. The first-order valence-corrected chi connectivity index (χ1v) is 10.1. The van der Waals surface area contributed by atoms with E-state index in [-0.39, 0.29) is 24.3 Å². The van der Waals surface area contributed by atoms with Gasteiger partial charge < -0.3 is 15.2 Å². The molecule has 1 heterocycles. The smallest absolute Gasteiger partial charge is 0.244 e. The number of anilines is 1. The van der Waals surface area contributed by atoms with E-state index in [2.05, 4.69) is 10.6 Å². The van der Waals surface area contributed by atoms with Crippen LogP contribution in [0.2, 0.25) is 0 Å². The Labute approximate surface area is 170 Å². The number of para-hydroxylation sites is 2. The molecule has 29 heavy (non-hydrogen) atoms. The van der Waals surface area contributed by atoms with Crippen LogP contribution >= 0.6 is 0 Å². The largest absolute Gasteiger partial charge is 0.355 e. The summed E-state index contributed by atoms with van der Waals surface area (Å²) in [4.78, 5) is 29.4. The molecule has 150 valence electrons. The van der Waals surface area contributed by atoms with Gasteiger partial charge in [-0.1, -0.05) is 24.3 Å². The van der Waals surface area contributed by atoms with Crippen LogP contribution in [0.3, 0.4) is 0 Å². The van der Waals surface area contributed by atoms with Crippen LogP contribution in [0.15, 0.2) is 42.5 Å². The minimum atomic E-state index is -0.0925. The first-order valence-electron chi connectivity index (χ1n) is 10.1. The lowest BCUT2D eigenvalue weighted by Crippen LogP contribution is -2.28. The number of benzene rings is 2. The predicted molar refractivity (Wildman–Crippen MR) is 114 cm³/mol. The second kappa shape index (κ2) is 8.07. The van der Waals surface area contributed by atoms with Crippen molar-refractivity contribution in [2.24, 2.45) is 5.92 Å². The van der Waals surface area contributed by atoms with Gasteiger partial charge in [0.15, 0.2) is 0 Å².